The first-order valence-corrected chi connectivity index (χ1v) is 15.0. The summed E-state index contributed by atoms with van der Waals surface area (Å²) in [5.74, 6) is 0. The van der Waals surface area contributed by atoms with E-state index >= 15 is 0 Å². The standard InChI is InChI=1S/C13H13.C6H5O.Fe/c1-2-11-6-5-9-13(10-11)12-7-3-4-8-12;7-5-6-3-1-2-4-6;/h3-10H,2H2,1H3;1-5H;. The van der Waals surface area contributed by atoms with E-state index in [-0.39, 0.29) is 0 Å². The Bertz CT molecular complexity index is 1300. The van der Waals surface area contributed by atoms with E-state index in [4.69, 9.17) is 0 Å². The first kappa shape index (κ1) is 8.31. The van der Waals surface area contributed by atoms with Gasteiger partial charge in [0, 0.05) is 0 Å². The molecule has 8 atom stereocenters. The topological polar surface area (TPSA) is 17.1 Å². The number of carbonyl (C=O) groups is 1. The Kier molecular flexibility index (Phi) is 0.305. The average Bonchev–Trinajstić information content (AvgIpc) is 3.47. The summed E-state index contributed by atoms with van der Waals surface area (Å²) >= 11 is 0. The van der Waals surface area contributed by atoms with E-state index in [9.17, 15) is 4.79 Å². The Morgan fingerprint density at radius 3 is 2.24 bits per heavy atom. The van der Waals surface area contributed by atoms with Crippen LogP contribution in [0.15, 0.2) is 24.3 Å². The van der Waals surface area contributed by atoms with Crippen LogP contribution in [0.4, 0.5) is 0 Å². The second kappa shape index (κ2) is 0.770. The zero-order chi connectivity index (χ0) is 13.3. The van der Waals surface area contributed by atoms with Crippen LogP contribution in [0.3, 0.4) is 0 Å². The van der Waals surface area contributed by atoms with Crippen molar-refractivity contribution in [2.75, 3.05) is 0 Å². The van der Waals surface area contributed by atoms with E-state index in [1.165, 1.54) is 24.8 Å². The molecule has 0 bridgehead atoms. The second-order valence-electron chi connectivity index (χ2n) is 12.0. The van der Waals surface area contributed by atoms with Gasteiger partial charge in [0.15, 0.2) is 0 Å². The van der Waals surface area contributed by atoms with E-state index in [1.54, 1.807) is 11.8 Å². The van der Waals surface area contributed by atoms with Gasteiger partial charge in [-0.2, -0.15) is 0 Å². The molecule has 1 aromatic rings. The molecule has 0 radical (unpaired) electrons. The third-order valence-electron chi connectivity index (χ3n) is 16.9. The van der Waals surface area contributed by atoms with Crippen LogP contribution in [0.2, 0.25) is 42.8 Å². The van der Waals surface area contributed by atoms with Crippen LogP contribution in [0.1, 0.15) is 18.1 Å². The minimum atomic E-state index is -3.45. The van der Waals surface area contributed by atoms with Crippen LogP contribution in [0.25, 0.3) is 0 Å². The van der Waals surface area contributed by atoms with Crippen LogP contribution in [0, 0.1) is 0 Å². The van der Waals surface area contributed by atoms with Crippen LogP contribution in [0.5, 0.6) is 0 Å². The molecular formula is C19H18FeO. The molecule has 0 amide bonds. The maximum absolute atomic E-state index is 12.3. The van der Waals surface area contributed by atoms with E-state index in [1.807, 2.05) is 0 Å². The van der Waals surface area contributed by atoms with Gasteiger partial charge in [-0.05, 0) is 0 Å². The van der Waals surface area contributed by atoms with Crippen molar-refractivity contribution in [1.29, 1.82) is 0 Å². The van der Waals surface area contributed by atoms with Gasteiger partial charge < -0.3 is 0 Å². The van der Waals surface area contributed by atoms with Crippen LogP contribution >= 0.6 is 0 Å². The Labute approximate surface area is 113 Å². The third-order valence-corrected chi connectivity index (χ3v) is 59.8. The van der Waals surface area contributed by atoms with Crippen LogP contribution in [-0.2, 0) is 22.0 Å². The zero-order valence-electron chi connectivity index (χ0n) is 12.0. The minimum absolute atomic E-state index is 0.413. The molecule has 2 heteroatoms. The van der Waals surface area contributed by atoms with Gasteiger partial charge in [-0.15, -0.1) is 0 Å². The quantitative estimate of drug-likeness (QED) is 0.587. The summed E-state index contributed by atoms with van der Waals surface area (Å²) in [6, 6.07) is 9.70. The molecule has 11 rings (SSSR count). The summed E-state index contributed by atoms with van der Waals surface area (Å²) in [5.41, 5.74) is 3.29. The number of rotatable bonds is 3. The fraction of sp³-hybridized carbons (Fsp3) is 0.632. The van der Waals surface area contributed by atoms with Crippen LogP contribution < -0.4 is 0 Å². The fourth-order valence-electron chi connectivity index (χ4n) is 18.8. The van der Waals surface area contributed by atoms with Crippen molar-refractivity contribution in [3.8, 4) is 0 Å². The predicted octanol–water partition coefficient (Wildman–Crippen LogP) is 4.61. The summed E-state index contributed by atoms with van der Waals surface area (Å²) in [6.45, 7) is -1.17. The first-order valence-electron chi connectivity index (χ1n) is 8.80. The molecule has 10 fully saturated rings. The van der Waals surface area contributed by atoms with Crippen molar-refractivity contribution in [2.24, 2.45) is 0 Å². The van der Waals surface area contributed by atoms with Crippen molar-refractivity contribution >= 4 is 6.29 Å². The van der Waals surface area contributed by atoms with Gasteiger partial charge in [0.1, 0.15) is 0 Å². The first-order chi connectivity index (χ1) is 10.0. The van der Waals surface area contributed by atoms with E-state index < -0.39 is 6.51 Å². The van der Waals surface area contributed by atoms with Gasteiger partial charge in [-0.25, -0.2) is 0 Å². The number of aldehydes is 1. The van der Waals surface area contributed by atoms with Crippen molar-refractivity contribution < 1.29 is 11.3 Å². The number of aryl methyl sites for hydroxylation is 1. The average molecular weight is 318 g/mol. The number of hydrogen-bond acceptors (Lipinski definition) is 1. The number of hydrogen-bond donors (Lipinski definition) is 0. The van der Waals surface area contributed by atoms with Gasteiger partial charge in [0.05, 0.1) is 0 Å². The molecule has 0 aliphatic carbocycles. The molecule has 10 aliphatic heterocycles. The predicted molar refractivity (Wildman–Crippen MR) is 76.3 cm³/mol. The summed E-state index contributed by atoms with van der Waals surface area (Å²) in [4.78, 5) is 21.6. The molecule has 1 aromatic carbocycles. The van der Waals surface area contributed by atoms with E-state index in [0.717, 1.165) is 25.7 Å². The Morgan fingerprint density at radius 2 is 1.76 bits per heavy atom. The molecule has 10 aliphatic rings. The molecule has 8 unspecified atom stereocenters. The molecular weight excluding hydrogens is 300 g/mol. The van der Waals surface area contributed by atoms with Crippen LogP contribution in [-0.4, -0.2) is 6.29 Å². The van der Waals surface area contributed by atoms with Gasteiger partial charge in [-0.1, -0.05) is 0 Å². The molecule has 0 saturated carbocycles. The van der Waals surface area contributed by atoms with E-state index in [2.05, 4.69) is 31.2 Å². The number of carbonyl (C=O) groups excluding carboxylic acids is 1. The SMILES string of the molecule is CCc1cccc([C]23[CH]4[CH]5[CH]6[CH]2[Fe]56432789[CH]3[CH]2[CH]7[C]8(C=O)[CH]39)c1. The zero-order valence-corrected chi connectivity index (χ0v) is 13.1. The molecule has 108 valence electrons. The number of fused-ring (bicyclic) bond motifs is 10. The number of benzene rings is 1. The van der Waals surface area contributed by atoms with E-state index in [0.29, 0.717) is 8.63 Å². The summed E-state index contributed by atoms with van der Waals surface area (Å²) in [5, 5.41) is 0. The molecule has 1 spiro atoms. The summed E-state index contributed by atoms with van der Waals surface area (Å²) in [6.07, 6.45) is 2.76. The third kappa shape index (κ3) is 0.0969. The molecule has 1 nitrogen and oxygen atoms in total. The summed E-state index contributed by atoms with van der Waals surface area (Å²) < 4.78 is 1.12. The van der Waals surface area contributed by atoms with Crippen molar-refractivity contribution in [2.45, 2.75) is 60.5 Å². The Morgan fingerprint density at radius 1 is 1.10 bits per heavy atom. The van der Waals surface area contributed by atoms with Gasteiger partial charge in [0.25, 0.3) is 0 Å². The van der Waals surface area contributed by atoms with Gasteiger partial charge in [-0.3, -0.25) is 0 Å². The maximum atomic E-state index is 12.3. The normalized spacial score (nSPS) is 102. The van der Waals surface area contributed by atoms with Gasteiger partial charge in [0.2, 0.25) is 0 Å². The van der Waals surface area contributed by atoms with Crippen molar-refractivity contribution in [3.63, 3.8) is 0 Å². The Balaban J connectivity index is 1.47. The molecule has 10 saturated heterocycles. The molecule has 10 heterocycles. The summed E-state index contributed by atoms with van der Waals surface area (Å²) in [7, 11) is 0. The Hall–Kier alpha value is -0.591. The fourth-order valence-corrected chi connectivity index (χ4v) is 94.3. The van der Waals surface area contributed by atoms with Gasteiger partial charge >= 0.3 is 113 Å². The van der Waals surface area contributed by atoms with Crippen molar-refractivity contribution in [1.82, 2.24) is 0 Å². The molecule has 0 N–H and O–H groups in total. The second-order valence-corrected chi connectivity index (χ2v) is 35.2. The molecule has 0 aromatic heterocycles. The molecule has 21 heavy (non-hydrogen) atoms. The monoisotopic (exact) mass is 318 g/mol. The van der Waals surface area contributed by atoms with Crippen molar-refractivity contribution in [3.05, 3.63) is 35.4 Å².